The Labute approximate surface area is 230 Å². The molecule has 0 aromatic heterocycles. The van der Waals surface area contributed by atoms with Gasteiger partial charge in [-0.05, 0) is 58.8 Å². The zero-order chi connectivity index (χ0) is 27.0. The predicted octanol–water partition coefficient (Wildman–Crippen LogP) is 7.06. The number of esters is 1. The van der Waals surface area contributed by atoms with Gasteiger partial charge in [0, 0.05) is 11.1 Å². The first-order valence-corrected chi connectivity index (χ1v) is 12.5. The minimum absolute atomic E-state index is 0.250. The van der Waals surface area contributed by atoms with Gasteiger partial charge in [-0.15, -0.1) is 0 Å². The maximum absolute atomic E-state index is 12.8. The highest BCUT2D eigenvalue weighted by atomic mass is 35.5. The van der Waals surface area contributed by atoms with E-state index >= 15 is 0 Å². The molecule has 0 aliphatic heterocycles. The van der Waals surface area contributed by atoms with Crippen LogP contribution in [0.3, 0.4) is 0 Å². The van der Waals surface area contributed by atoms with Crippen LogP contribution < -0.4 is 14.9 Å². The number of hydrazone groups is 1. The lowest BCUT2D eigenvalue weighted by atomic mass is 10.0. The molecule has 0 atom stereocenters. The molecule has 0 aliphatic rings. The minimum Gasteiger partial charge on any atom is -0.489 e. The Kier molecular flexibility index (Phi) is 7.95. The SMILES string of the molecule is O=C(NN=Cc1c(OC(=O)c2ccccc2Cl)ccc2ccccc12)c1ccc(OCc2ccccc2)cc1. The Hall–Kier alpha value is -4.94. The van der Waals surface area contributed by atoms with Crippen molar-refractivity contribution < 1.29 is 19.1 Å². The molecule has 0 saturated carbocycles. The summed E-state index contributed by atoms with van der Waals surface area (Å²) in [5, 5.41) is 6.18. The fourth-order valence-corrected chi connectivity index (χ4v) is 4.16. The molecule has 192 valence electrons. The van der Waals surface area contributed by atoms with Crippen molar-refractivity contribution in [1.82, 2.24) is 5.43 Å². The summed E-state index contributed by atoms with van der Waals surface area (Å²) in [6.45, 7) is 0.436. The molecule has 1 amide bonds. The second-order valence-corrected chi connectivity index (χ2v) is 8.97. The lowest BCUT2D eigenvalue weighted by molar-refractivity contribution is 0.0734. The molecule has 1 N–H and O–H groups in total. The molecule has 0 bridgehead atoms. The molecule has 0 radical (unpaired) electrons. The summed E-state index contributed by atoms with van der Waals surface area (Å²) in [6, 6.07) is 34.4. The van der Waals surface area contributed by atoms with Gasteiger partial charge in [0.15, 0.2) is 0 Å². The van der Waals surface area contributed by atoms with Crippen molar-refractivity contribution in [2.24, 2.45) is 5.10 Å². The van der Waals surface area contributed by atoms with Gasteiger partial charge in [0.2, 0.25) is 0 Å². The smallest absolute Gasteiger partial charge is 0.345 e. The number of amides is 1. The first kappa shape index (κ1) is 25.7. The molecule has 7 heteroatoms. The van der Waals surface area contributed by atoms with E-state index in [-0.39, 0.29) is 11.3 Å². The largest absolute Gasteiger partial charge is 0.489 e. The van der Waals surface area contributed by atoms with E-state index in [0.29, 0.717) is 28.5 Å². The third kappa shape index (κ3) is 6.32. The zero-order valence-electron chi connectivity index (χ0n) is 20.7. The van der Waals surface area contributed by atoms with Crippen LogP contribution in [0, 0.1) is 0 Å². The van der Waals surface area contributed by atoms with Crippen LogP contribution in [-0.2, 0) is 6.61 Å². The lowest BCUT2D eigenvalue weighted by Gasteiger charge is -2.11. The molecular formula is C32H23ClN2O4. The number of halogens is 1. The van der Waals surface area contributed by atoms with Crippen molar-refractivity contribution in [1.29, 1.82) is 0 Å². The monoisotopic (exact) mass is 534 g/mol. The normalized spacial score (nSPS) is 10.9. The molecule has 0 heterocycles. The third-order valence-corrected chi connectivity index (χ3v) is 6.28. The Balaban J connectivity index is 1.30. The van der Waals surface area contributed by atoms with Gasteiger partial charge < -0.3 is 9.47 Å². The Morgan fingerprint density at radius 3 is 2.31 bits per heavy atom. The van der Waals surface area contributed by atoms with Gasteiger partial charge in [0.05, 0.1) is 16.8 Å². The van der Waals surface area contributed by atoms with E-state index in [2.05, 4.69) is 10.5 Å². The number of hydrogen-bond acceptors (Lipinski definition) is 5. The molecule has 6 nitrogen and oxygen atoms in total. The molecule has 5 rings (SSSR count). The highest BCUT2D eigenvalue weighted by Gasteiger charge is 2.16. The van der Waals surface area contributed by atoms with Gasteiger partial charge >= 0.3 is 5.97 Å². The number of nitrogens with one attached hydrogen (secondary N) is 1. The van der Waals surface area contributed by atoms with Crippen LogP contribution in [0.25, 0.3) is 10.8 Å². The van der Waals surface area contributed by atoms with Crippen LogP contribution >= 0.6 is 11.6 Å². The fraction of sp³-hybridized carbons (Fsp3) is 0.0312. The van der Waals surface area contributed by atoms with Crippen LogP contribution in [0.2, 0.25) is 5.02 Å². The average Bonchev–Trinajstić information content (AvgIpc) is 2.98. The van der Waals surface area contributed by atoms with Crippen LogP contribution in [0.5, 0.6) is 11.5 Å². The highest BCUT2D eigenvalue weighted by Crippen LogP contribution is 2.28. The molecular weight excluding hydrogens is 512 g/mol. The number of rotatable bonds is 8. The maximum atomic E-state index is 12.8. The van der Waals surface area contributed by atoms with Crippen molar-refractivity contribution in [2.45, 2.75) is 6.61 Å². The second-order valence-electron chi connectivity index (χ2n) is 8.57. The minimum atomic E-state index is -0.593. The molecule has 0 spiro atoms. The number of hydrogen-bond donors (Lipinski definition) is 1. The van der Waals surface area contributed by atoms with Gasteiger partial charge in [-0.25, -0.2) is 10.2 Å². The van der Waals surface area contributed by atoms with Crippen LogP contribution in [0.1, 0.15) is 31.8 Å². The lowest BCUT2D eigenvalue weighted by Crippen LogP contribution is -2.17. The van der Waals surface area contributed by atoms with Crippen molar-refractivity contribution >= 4 is 40.5 Å². The molecule has 0 unspecified atom stereocenters. The Morgan fingerprint density at radius 2 is 1.51 bits per heavy atom. The molecule has 0 aliphatic carbocycles. The number of nitrogens with zero attached hydrogens (tertiary/aromatic N) is 1. The maximum Gasteiger partial charge on any atom is 0.345 e. The van der Waals surface area contributed by atoms with E-state index in [4.69, 9.17) is 21.1 Å². The standard InChI is InChI=1S/C32H23ClN2O4/c33-29-13-7-6-12-27(29)32(37)39-30-19-16-23-10-4-5-11-26(23)28(30)20-34-35-31(36)24-14-17-25(18-15-24)38-21-22-8-2-1-3-9-22/h1-20H,21H2,(H,35,36). The van der Waals surface area contributed by atoms with E-state index in [1.54, 1.807) is 54.6 Å². The Bertz CT molecular complexity index is 1650. The number of ether oxygens (including phenoxy) is 2. The van der Waals surface area contributed by atoms with E-state index in [9.17, 15) is 9.59 Å². The molecule has 5 aromatic rings. The number of carbonyl (C=O) groups excluding carboxylic acids is 2. The van der Waals surface area contributed by atoms with Crippen LogP contribution in [0.15, 0.2) is 120 Å². The number of carbonyl (C=O) groups is 2. The van der Waals surface area contributed by atoms with Crippen LogP contribution in [-0.4, -0.2) is 18.1 Å². The van der Waals surface area contributed by atoms with Crippen molar-refractivity contribution in [2.75, 3.05) is 0 Å². The topological polar surface area (TPSA) is 77.0 Å². The quantitative estimate of drug-likeness (QED) is 0.100. The number of fused-ring (bicyclic) bond motifs is 1. The first-order valence-electron chi connectivity index (χ1n) is 12.2. The van der Waals surface area contributed by atoms with Crippen molar-refractivity contribution in [3.63, 3.8) is 0 Å². The highest BCUT2D eigenvalue weighted by molar-refractivity contribution is 6.33. The summed E-state index contributed by atoms with van der Waals surface area (Å²) >= 11 is 6.17. The van der Waals surface area contributed by atoms with Gasteiger partial charge in [-0.1, -0.05) is 84.4 Å². The van der Waals surface area contributed by atoms with Gasteiger partial charge in [-0.2, -0.15) is 5.10 Å². The summed E-state index contributed by atoms with van der Waals surface area (Å²) in [6.07, 6.45) is 1.47. The average molecular weight is 535 g/mol. The van der Waals surface area contributed by atoms with Crippen molar-refractivity contribution in [3.8, 4) is 11.5 Å². The summed E-state index contributed by atoms with van der Waals surface area (Å²) < 4.78 is 11.5. The summed E-state index contributed by atoms with van der Waals surface area (Å²) in [7, 11) is 0. The van der Waals surface area contributed by atoms with E-state index in [1.165, 1.54) is 6.21 Å². The molecule has 0 saturated heterocycles. The summed E-state index contributed by atoms with van der Waals surface area (Å²) in [5.41, 5.74) is 4.80. The molecule has 5 aromatic carbocycles. The fourth-order valence-electron chi connectivity index (χ4n) is 3.94. The Morgan fingerprint density at radius 1 is 0.795 bits per heavy atom. The second kappa shape index (κ2) is 12.1. The van der Waals surface area contributed by atoms with Crippen molar-refractivity contribution in [3.05, 3.63) is 143 Å². The number of benzene rings is 5. The zero-order valence-corrected chi connectivity index (χ0v) is 21.5. The van der Waals surface area contributed by atoms with Gasteiger partial charge in [0.1, 0.15) is 18.1 Å². The van der Waals surface area contributed by atoms with Gasteiger partial charge in [-0.3, -0.25) is 4.79 Å². The molecule has 0 fully saturated rings. The third-order valence-electron chi connectivity index (χ3n) is 5.95. The van der Waals surface area contributed by atoms with Gasteiger partial charge in [0.25, 0.3) is 5.91 Å². The molecule has 39 heavy (non-hydrogen) atoms. The van der Waals surface area contributed by atoms with E-state index in [0.717, 1.165) is 16.3 Å². The summed E-state index contributed by atoms with van der Waals surface area (Å²) in [5.74, 6) is -0.0454. The van der Waals surface area contributed by atoms with Crippen LogP contribution in [0.4, 0.5) is 0 Å². The predicted molar refractivity (Wildman–Crippen MR) is 153 cm³/mol. The summed E-state index contributed by atoms with van der Waals surface area (Å²) in [4.78, 5) is 25.5. The van der Waals surface area contributed by atoms with E-state index < -0.39 is 11.9 Å². The van der Waals surface area contributed by atoms with E-state index in [1.807, 2.05) is 60.7 Å². The first-order chi connectivity index (χ1) is 19.1.